The molecule has 2 N–H and O–H groups in total. The van der Waals surface area contributed by atoms with E-state index in [4.69, 9.17) is 4.98 Å². The minimum absolute atomic E-state index is 0.172. The lowest BCUT2D eigenvalue weighted by Crippen LogP contribution is -2.27. The van der Waals surface area contributed by atoms with Crippen LogP contribution >= 0.6 is 0 Å². The number of tetrazole rings is 1. The summed E-state index contributed by atoms with van der Waals surface area (Å²) in [5, 5.41) is 17.7. The number of fused-ring (bicyclic) bond motifs is 1. The third-order valence-electron chi connectivity index (χ3n) is 6.43. The van der Waals surface area contributed by atoms with Crippen molar-refractivity contribution >= 4 is 17.0 Å². The first-order valence-electron chi connectivity index (χ1n) is 13.1. The number of nitrogens with zero attached hydrogens (tertiary/aromatic N) is 7. The van der Waals surface area contributed by atoms with Crippen molar-refractivity contribution in [2.24, 2.45) is 0 Å². The number of hydrogen-bond donors (Lipinski definition) is 2. The highest BCUT2D eigenvalue weighted by Gasteiger charge is 2.15. The van der Waals surface area contributed by atoms with Crippen molar-refractivity contribution in [1.82, 2.24) is 40.1 Å². The summed E-state index contributed by atoms with van der Waals surface area (Å²) in [5.41, 5.74) is 4.43. The van der Waals surface area contributed by atoms with Gasteiger partial charge in [-0.3, -0.25) is 9.36 Å². The van der Waals surface area contributed by atoms with E-state index in [9.17, 15) is 4.79 Å². The molecule has 0 fully saturated rings. The van der Waals surface area contributed by atoms with E-state index in [0.29, 0.717) is 30.3 Å². The summed E-state index contributed by atoms with van der Waals surface area (Å²) in [6.07, 6.45) is 6.54. The molecule has 0 saturated heterocycles. The zero-order valence-corrected chi connectivity index (χ0v) is 21.7. The molecule has 0 spiro atoms. The van der Waals surface area contributed by atoms with Crippen molar-refractivity contribution in [3.05, 3.63) is 76.5 Å². The Morgan fingerprint density at radius 1 is 0.947 bits per heavy atom. The summed E-state index contributed by atoms with van der Waals surface area (Å²) in [7, 11) is 0. The summed E-state index contributed by atoms with van der Waals surface area (Å²) < 4.78 is 1.73. The molecule has 0 saturated carbocycles. The smallest absolute Gasteiger partial charge is 0.282 e. The molecule has 0 amide bonds. The Bertz CT molecular complexity index is 1560. The van der Waals surface area contributed by atoms with Gasteiger partial charge in [0.1, 0.15) is 11.6 Å². The van der Waals surface area contributed by atoms with Crippen molar-refractivity contribution in [2.45, 2.75) is 52.5 Å². The molecule has 0 radical (unpaired) electrons. The SMILES string of the molecule is CCCCCNc1cnc2nc(CCC)n(Cc3ccc(-c4ccccc4-c4nn[nH]n4)cc3)c(=O)c2n1. The van der Waals surface area contributed by atoms with Gasteiger partial charge in [0.2, 0.25) is 5.82 Å². The van der Waals surface area contributed by atoms with Crippen LogP contribution < -0.4 is 10.9 Å². The molecular weight excluding hydrogens is 478 g/mol. The molecule has 0 bridgehead atoms. The molecule has 38 heavy (non-hydrogen) atoms. The van der Waals surface area contributed by atoms with Gasteiger partial charge in [0.25, 0.3) is 5.56 Å². The molecule has 194 valence electrons. The standard InChI is InChI=1S/C28H31N9O/c1-3-5-8-16-29-23-17-30-27-25(31-23)28(38)37(24(32-27)9-4-2)18-19-12-14-20(15-13-19)21-10-6-7-11-22(21)26-33-35-36-34-26/h6-7,10-15,17H,3-5,8-9,16,18H2,1-2H3,(H,29,31)(H,33,34,35,36). The number of H-pyrrole nitrogens is 1. The summed E-state index contributed by atoms with van der Waals surface area (Å²) in [6, 6.07) is 16.1. The van der Waals surface area contributed by atoms with E-state index >= 15 is 0 Å². The Hall–Kier alpha value is -4.47. The van der Waals surface area contributed by atoms with Gasteiger partial charge >= 0.3 is 0 Å². The topological polar surface area (TPSA) is 127 Å². The summed E-state index contributed by atoms with van der Waals surface area (Å²) in [5.74, 6) is 1.87. The van der Waals surface area contributed by atoms with Gasteiger partial charge in [-0.2, -0.15) is 5.21 Å². The van der Waals surface area contributed by atoms with Gasteiger partial charge < -0.3 is 5.32 Å². The number of aromatic nitrogens is 8. The largest absolute Gasteiger partial charge is 0.369 e. The van der Waals surface area contributed by atoms with Crippen LogP contribution in [-0.4, -0.2) is 46.7 Å². The summed E-state index contributed by atoms with van der Waals surface area (Å²) in [6.45, 7) is 5.44. The maximum Gasteiger partial charge on any atom is 0.282 e. The molecule has 0 unspecified atom stereocenters. The number of benzene rings is 2. The molecule has 0 aliphatic carbocycles. The normalized spacial score (nSPS) is 11.2. The number of aromatic amines is 1. The first kappa shape index (κ1) is 25.2. The Labute approximate surface area is 220 Å². The molecule has 5 aromatic rings. The van der Waals surface area contributed by atoms with Crippen LogP contribution in [0, 0.1) is 0 Å². The highest BCUT2D eigenvalue weighted by atomic mass is 16.1. The summed E-state index contributed by atoms with van der Waals surface area (Å²) >= 11 is 0. The molecular formula is C28H31N9O. The van der Waals surface area contributed by atoms with Crippen LogP contribution in [0.2, 0.25) is 0 Å². The van der Waals surface area contributed by atoms with E-state index in [2.05, 4.69) is 49.8 Å². The van der Waals surface area contributed by atoms with Crippen molar-refractivity contribution in [2.75, 3.05) is 11.9 Å². The van der Waals surface area contributed by atoms with Crippen molar-refractivity contribution in [1.29, 1.82) is 0 Å². The Morgan fingerprint density at radius 2 is 1.76 bits per heavy atom. The summed E-state index contributed by atoms with van der Waals surface area (Å²) in [4.78, 5) is 27.3. The molecule has 10 heteroatoms. The van der Waals surface area contributed by atoms with Crippen LogP contribution in [0.5, 0.6) is 0 Å². The van der Waals surface area contributed by atoms with Gasteiger partial charge in [-0.15, -0.1) is 10.2 Å². The number of aryl methyl sites for hydroxylation is 1. The van der Waals surface area contributed by atoms with Crippen LogP contribution in [-0.2, 0) is 13.0 Å². The second-order valence-corrected chi connectivity index (χ2v) is 9.21. The highest BCUT2D eigenvalue weighted by Crippen LogP contribution is 2.29. The molecule has 5 rings (SSSR count). The highest BCUT2D eigenvalue weighted by molar-refractivity contribution is 5.80. The Kier molecular flexibility index (Phi) is 7.77. The third kappa shape index (κ3) is 5.44. The van der Waals surface area contributed by atoms with Crippen LogP contribution in [0.15, 0.2) is 59.5 Å². The number of anilines is 1. The fourth-order valence-electron chi connectivity index (χ4n) is 4.47. The van der Waals surface area contributed by atoms with Gasteiger partial charge in [0.15, 0.2) is 11.2 Å². The van der Waals surface area contributed by atoms with Crippen molar-refractivity contribution in [3.8, 4) is 22.5 Å². The lowest BCUT2D eigenvalue weighted by atomic mass is 9.98. The monoisotopic (exact) mass is 509 g/mol. The molecule has 0 atom stereocenters. The zero-order chi connectivity index (χ0) is 26.3. The van der Waals surface area contributed by atoms with Crippen LogP contribution in [0.3, 0.4) is 0 Å². The fourth-order valence-corrected chi connectivity index (χ4v) is 4.47. The lowest BCUT2D eigenvalue weighted by Gasteiger charge is -2.14. The maximum atomic E-state index is 13.6. The Balaban J connectivity index is 1.44. The Morgan fingerprint density at radius 3 is 2.50 bits per heavy atom. The van der Waals surface area contributed by atoms with Gasteiger partial charge in [0, 0.05) is 18.5 Å². The van der Waals surface area contributed by atoms with E-state index in [1.165, 1.54) is 0 Å². The van der Waals surface area contributed by atoms with Gasteiger partial charge in [0.05, 0.1) is 12.7 Å². The minimum Gasteiger partial charge on any atom is -0.369 e. The fraction of sp³-hybridized carbons (Fsp3) is 0.321. The zero-order valence-electron chi connectivity index (χ0n) is 21.7. The number of hydrogen-bond acceptors (Lipinski definition) is 8. The van der Waals surface area contributed by atoms with E-state index in [1.54, 1.807) is 10.8 Å². The van der Waals surface area contributed by atoms with Gasteiger partial charge in [-0.1, -0.05) is 75.2 Å². The van der Waals surface area contributed by atoms with E-state index in [1.807, 2.05) is 48.5 Å². The van der Waals surface area contributed by atoms with Crippen LogP contribution in [0.1, 0.15) is 50.9 Å². The molecule has 3 heterocycles. The number of unbranched alkanes of at least 4 members (excludes halogenated alkanes) is 2. The van der Waals surface area contributed by atoms with E-state index < -0.39 is 0 Å². The molecule has 3 aromatic heterocycles. The second kappa shape index (κ2) is 11.7. The number of nitrogens with one attached hydrogen (secondary N) is 2. The first-order valence-corrected chi connectivity index (χ1v) is 13.1. The number of rotatable bonds is 11. The quantitative estimate of drug-likeness (QED) is 0.247. The molecule has 10 nitrogen and oxygen atoms in total. The maximum absolute atomic E-state index is 13.6. The third-order valence-corrected chi connectivity index (χ3v) is 6.43. The average Bonchev–Trinajstić information content (AvgIpc) is 3.49. The van der Waals surface area contributed by atoms with Crippen molar-refractivity contribution < 1.29 is 0 Å². The predicted octanol–water partition coefficient (Wildman–Crippen LogP) is 4.64. The van der Waals surface area contributed by atoms with Crippen molar-refractivity contribution in [3.63, 3.8) is 0 Å². The molecule has 0 aliphatic rings. The predicted molar refractivity (Wildman–Crippen MR) is 148 cm³/mol. The minimum atomic E-state index is -0.172. The van der Waals surface area contributed by atoms with Gasteiger partial charge in [-0.25, -0.2) is 15.0 Å². The second-order valence-electron chi connectivity index (χ2n) is 9.21. The molecule has 2 aromatic carbocycles. The molecule has 0 aliphatic heterocycles. The van der Waals surface area contributed by atoms with Crippen LogP contribution in [0.25, 0.3) is 33.7 Å². The van der Waals surface area contributed by atoms with E-state index in [0.717, 1.165) is 60.3 Å². The van der Waals surface area contributed by atoms with Gasteiger partial charge in [-0.05, 0) is 34.7 Å². The lowest BCUT2D eigenvalue weighted by molar-refractivity contribution is 0.662. The van der Waals surface area contributed by atoms with E-state index in [-0.39, 0.29) is 11.1 Å². The van der Waals surface area contributed by atoms with Crippen LogP contribution in [0.4, 0.5) is 5.82 Å². The first-order chi connectivity index (χ1) is 18.7. The average molecular weight is 510 g/mol.